The zero-order valence-electron chi connectivity index (χ0n) is 14.9. The second kappa shape index (κ2) is 7.12. The summed E-state index contributed by atoms with van der Waals surface area (Å²) >= 11 is 0. The third kappa shape index (κ3) is 3.40. The second-order valence-corrected chi connectivity index (χ2v) is 7.15. The second-order valence-electron chi connectivity index (χ2n) is 7.15. The lowest BCUT2D eigenvalue weighted by Crippen LogP contribution is -2.50. The van der Waals surface area contributed by atoms with Gasteiger partial charge in [0.15, 0.2) is 11.5 Å². The largest absolute Gasteiger partial charge is 0.454 e. The first kappa shape index (κ1) is 16.5. The van der Waals surface area contributed by atoms with Gasteiger partial charge in [-0.2, -0.15) is 0 Å². The number of carbonyl (C=O) groups is 1. The normalized spacial score (nSPS) is 24.8. The highest BCUT2D eigenvalue weighted by Crippen LogP contribution is 2.33. The number of urea groups is 1. The van der Waals surface area contributed by atoms with E-state index in [0.29, 0.717) is 25.2 Å². The van der Waals surface area contributed by atoms with Crippen LogP contribution in [0.1, 0.15) is 38.2 Å². The fraction of sp³-hybridized carbons (Fsp3) is 0.632. The molecule has 2 amide bonds. The molecule has 0 aromatic heterocycles. The van der Waals surface area contributed by atoms with Crippen LogP contribution in [0, 0.1) is 0 Å². The van der Waals surface area contributed by atoms with Gasteiger partial charge < -0.3 is 19.7 Å². The van der Waals surface area contributed by atoms with Gasteiger partial charge in [-0.1, -0.05) is 12.5 Å². The number of carbonyl (C=O) groups excluding carboxylic acids is 1. The van der Waals surface area contributed by atoms with E-state index in [9.17, 15) is 4.79 Å². The summed E-state index contributed by atoms with van der Waals surface area (Å²) in [6, 6.07) is 6.75. The van der Waals surface area contributed by atoms with Crippen molar-refractivity contribution in [3.63, 3.8) is 0 Å². The monoisotopic (exact) mass is 345 g/mol. The van der Waals surface area contributed by atoms with Crippen LogP contribution in [-0.4, -0.2) is 54.3 Å². The maximum absolute atomic E-state index is 12.8. The molecule has 0 aliphatic carbocycles. The Morgan fingerprint density at radius 3 is 3.00 bits per heavy atom. The van der Waals surface area contributed by atoms with Crippen molar-refractivity contribution in [3.8, 4) is 11.5 Å². The van der Waals surface area contributed by atoms with Crippen LogP contribution >= 0.6 is 0 Å². The average molecular weight is 345 g/mol. The van der Waals surface area contributed by atoms with E-state index in [1.807, 2.05) is 30.0 Å². The molecule has 0 saturated carbocycles. The van der Waals surface area contributed by atoms with E-state index < -0.39 is 0 Å². The molecule has 3 aliphatic rings. The standard InChI is InChI=1S/C19H27N3O3/c1-2-21(12-14-6-7-17-18(11-14)25-13-24-17)19(23)20-15-8-10-22-9-4-3-5-16(15)22/h6-7,11,15-16H,2-5,8-10,12-13H2,1H3,(H,20,23)/t15-,16-/m0/s1. The van der Waals surface area contributed by atoms with E-state index in [2.05, 4.69) is 10.2 Å². The van der Waals surface area contributed by atoms with E-state index in [4.69, 9.17) is 9.47 Å². The number of nitrogens with zero attached hydrogens (tertiary/aromatic N) is 2. The van der Waals surface area contributed by atoms with Crippen LogP contribution in [-0.2, 0) is 6.54 Å². The first-order valence-corrected chi connectivity index (χ1v) is 9.42. The Labute approximate surface area is 149 Å². The van der Waals surface area contributed by atoms with Crippen molar-refractivity contribution >= 4 is 6.03 Å². The topological polar surface area (TPSA) is 54.0 Å². The Balaban J connectivity index is 1.38. The molecule has 2 atom stereocenters. The maximum atomic E-state index is 12.8. The predicted molar refractivity (Wildman–Crippen MR) is 94.8 cm³/mol. The van der Waals surface area contributed by atoms with Crippen molar-refractivity contribution in [2.75, 3.05) is 26.4 Å². The number of hydrogen-bond donors (Lipinski definition) is 1. The molecule has 4 rings (SSSR count). The number of rotatable bonds is 4. The molecular formula is C19H27N3O3. The summed E-state index contributed by atoms with van der Waals surface area (Å²) in [5, 5.41) is 3.29. The van der Waals surface area contributed by atoms with Crippen LogP contribution in [0.25, 0.3) is 0 Å². The molecule has 0 radical (unpaired) electrons. The zero-order valence-corrected chi connectivity index (χ0v) is 14.9. The van der Waals surface area contributed by atoms with Crippen molar-refractivity contribution in [3.05, 3.63) is 23.8 Å². The highest BCUT2D eigenvalue weighted by atomic mass is 16.7. The Hall–Kier alpha value is -1.95. The van der Waals surface area contributed by atoms with Crippen LogP contribution in [0.15, 0.2) is 18.2 Å². The molecule has 1 aromatic rings. The van der Waals surface area contributed by atoms with Crippen molar-refractivity contribution in [2.24, 2.45) is 0 Å². The zero-order chi connectivity index (χ0) is 17.2. The number of nitrogens with one attached hydrogen (secondary N) is 1. The van der Waals surface area contributed by atoms with Gasteiger partial charge >= 0.3 is 6.03 Å². The van der Waals surface area contributed by atoms with Gasteiger partial charge in [0, 0.05) is 31.7 Å². The summed E-state index contributed by atoms with van der Waals surface area (Å²) in [7, 11) is 0. The molecule has 6 heteroatoms. The summed E-state index contributed by atoms with van der Waals surface area (Å²) in [4.78, 5) is 17.2. The lowest BCUT2D eigenvalue weighted by molar-refractivity contribution is 0.167. The number of amides is 2. The first-order chi connectivity index (χ1) is 12.2. The third-order valence-corrected chi connectivity index (χ3v) is 5.64. The quantitative estimate of drug-likeness (QED) is 0.911. The minimum atomic E-state index is 0.0394. The molecule has 3 heterocycles. The van der Waals surface area contributed by atoms with Gasteiger partial charge in [0.05, 0.1) is 0 Å². The number of ether oxygens (including phenoxy) is 2. The number of piperidine rings is 1. The van der Waals surface area contributed by atoms with E-state index in [-0.39, 0.29) is 12.8 Å². The molecule has 0 spiro atoms. The van der Waals surface area contributed by atoms with Crippen LogP contribution in [0.5, 0.6) is 11.5 Å². The Morgan fingerprint density at radius 1 is 1.24 bits per heavy atom. The molecule has 25 heavy (non-hydrogen) atoms. The summed E-state index contributed by atoms with van der Waals surface area (Å²) < 4.78 is 10.8. The van der Waals surface area contributed by atoms with Gasteiger partial charge in [0.25, 0.3) is 0 Å². The van der Waals surface area contributed by atoms with Crippen LogP contribution in [0.2, 0.25) is 0 Å². The van der Waals surface area contributed by atoms with Gasteiger partial charge in [-0.15, -0.1) is 0 Å². The Morgan fingerprint density at radius 2 is 2.12 bits per heavy atom. The lowest BCUT2D eigenvalue weighted by Gasteiger charge is -2.33. The van der Waals surface area contributed by atoms with Crippen molar-refractivity contribution < 1.29 is 14.3 Å². The minimum absolute atomic E-state index is 0.0394. The highest BCUT2D eigenvalue weighted by Gasteiger charge is 2.36. The molecule has 2 saturated heterocycles. The molecule has 2 fully saturated rings. The summed E-state index contributed by atoms with van der Waals surface area (Å²) in [6.07, 6.45) is 4.85. The van der Waals surface area contributed by atoms with Crippen molar-refractivity contribution in [1.82, 2.24) is 15.1 Å². The van der Waals surface area contributed by atoms with E-state index in [1.165, 1.54) is 25.8 Å². The lowest BCUT2D eigenvalue weighted by atomic mass is 9.99. The van der Waals surface area contributed by atoms with E-state index in [1.54, 1.807) is 0 Å². The van der Waals surface area contributed by atoms with Crippen LogP contribution in [0.4, 0.5) is 4.79 Å². The minimum Gasteiger partial charge on any atom is -0.454 e. The fourth-order valence-corrected chi connectivity index (χ4v) is 4.25. The van der Waals surface area contributed by atoms with Gasteiger partial charge in [-0.25, -0.2) is 4.79 Å². The molecule has 1 aromatic carbocycles. The summed E-state index contributed by atoms with van der Waals surface area (Å²) in [5.41, 5.74) is 1.06. The first-order valence-electron chi connectivity index (χ1n) is 9.42. The van der Waals surface area contributed by atoms with Gasteiger partial charge in [-0.3, -0.25) is 4.90 Å². The SMILES string of the molecule is CCN(Cc1ccc2c(c1)OCO2)C(=O)N[C@H]1CCN2CCCC[C@@H]12. The smallest absolute Gasteiger partial charge is 0.317 e. The Bertz CT molecular complexity index is 636. The summed E-state index contributed by atoms with van der Waals surface area (Å²) in [6.45, 7) is 5.86. The molecule has 6 nitrogen and oxygen atoms in total. The van der Waals surface area contributed by atoms with Crippen LogP contribution in [0.3, 0.4) is 0 Å². The van der Waals surface area contributed by atoms with Gasteiger partial charge in [-0.05, 0) is 50.4 Å². The maximum Gasteiger partial charge on any atom is 0.317 e. The molecule has 136 valence electrons. The molecule has 0 bridgehead atoms. The van der Waals surface area contributed by atoms with Gasteiger partial charge in [0.2, 0.25) is 6.79 Å². The number of benzene rings is 1. The summed E-state index contributed by atoms with van der Waals surface area (Å²) in [5.74, 6) is 1.54. The third-order valence-electron chi connectivity index (χ3n) is 5.64. The van der Waals surface area contributed by atoms with E-state index >= 15 is 0 Å². The number of fused-ring (bicyclic) bond motifs is 2. The highest BCUT2D eigenvalue weighted by molar-refractivity contribution is 5.74. The van der Waals surface area contributed by atoms with E-state index in [0.717, 1.165) is 30.0 Å². The number of hydrogen-bond acceptors (Lipinski definition) is 4. The fourth-order valence-electron chi connectivity index (χ4n) is 4.25. The van der Waals surface area contributed by atoms with Crippen molar-refractivity contribution in [2.45, 2.75) is 51.2 Å². The predicted octanol–water partition coefficient (Wildman–Crippen LogP) is 2.57. The molecule has 1 N–H and O–H groups in total. The Kier molecular flexibility index (Phi) is 4.70. The molecule has 0 unspecified atom stereocenters. The van der Waals surface area contributed by atoms with Gasteiger partial charge in [0.1, 0.15) is 0 Å². The average Bonchev–Trinajstić information content (AvgIpc) is 3.26. The molecule has 3 aliphatic heterocycles. The van der Waals surface area contributed by atoms with Crippen molar-refractivity contribution in [1.29, 1.82) is 0 Å². The molecular weight excluding hydrogens is 318 g/mol. The van der Waals surface area contributed by atoms with Crippen LogP contribution < -0.4 is 14.8 Å².